The molecule has 1 heterocycles. The molecule has 0 amide bonds. The number of carbonyl (C=O) groups is 1. The van der Waals surface area contributed by atoms with Gasteiger partial charge in [-0.15, -0.1) is 0 Å². The van der Waals surface area contributed by atoms with E-state index < -0.39 is 18.2 Å². The molecule has 1 aromatic carbocycles. The fourth-order valence-electron chi connectivity index (χ4n) is 4.45. The fraction of sp³-hybridized carbons (Fsp3) is 0.609. The van der Waals surface area contributed by atoms with Gasteiger partial charge in [0.15, 0.2) is 6.29 Å². The topological polar surface area (TPSA) is 96.2 Å². The molecule has 6 atom stereocenters. The van der Waals surface area contributed by atoms with Gasteiger partial charge in [-0.1, -0.05) is 42.5 Å². The molecule has 29 heavy (non-hydrogen) atoms. The van der Waals surface area contributed by atoms with Gasteiger partial charge in [-0.3, -0.25) is 4.79 Å². The molecule has 3 N–H and O–H groups in total. The van der Waals surface area contributed by atoms with Gasteiger partial charge in [-0.25, -0.2) is 0 Å². The van der Waals surface area contributed by atoms with Crippen LogP contribution in [0.3, 0.4) is 0 Å². The lowest BCUT2D eigenvalue weighted by Gasteiger charge is -2.30. The molecular formula is C23H32O6. The van der Waals surface area contributed by atoms with E-state index in [9.17, 15) is 20.1 Å². The maximum atomic E-state index is 11.3. The Morgan fingerprint density at radius 1 is 1.24 bits per heavy atom. The van der Waals surface area contributed by atoms with Gasteiger partial charge in [-0.2, -0.15) is 0 Å². The van der Waals surface area contributed by atoms with Gasteiger partial charge in [0.1, 0.15) is 0 Å². The molecule has 2 aliphatic rings. The molecule has 0 radical (unpaired) electrons. The minimum atomic E-state index is -0.918. The van der Waals surface area contributed by atoms with Crippen molar-refractivity contribution in [2.75, 3.05) is 6.61 Å². The highest BCUT2D eigenvalue weighted by atomic mass is 16.7. The Morgan fingerprint density at radius 3 is 2.72 bits per heavy atom. The Hall–Kier alpha value is -1.73. The Balaban J connectivity index is 1.60. The third-order valence-electron chi connectivity index (χ3n) is 5.98. The zero-order chi connectivity index (χ0) is 20.6. The van der Waals surface area contributed by atoms with Crippen LogP contribution in [0.1, 0.15) is 50.5 Å². The number of benzene rings is 1. The summed E-state index contributed by atoms with van der Waals surface area (Å²) in [5, 5.41) is 30.1. The second-order valence-electron chi connectivity index (χ2n) is 8.11. The van der Waals surface area contributed by atoms with Gasteiger partial charge in [0.25, 0.3) is 0 Å². The van der Waals surface area contributed by atoms with Crippen LogP contribution in [0, 0.1) is 11.8 Å². The van der Waals surface area contributed by atoms with Gasteiger partial charge in [-0.05, 0) is 43.6 Å². The third kappa shape index (κ3) is 6.64. The number of carboxylic acid groups (broad SMARTS) is 1. The Kier molecular flexibility index (Phi) is 8.24. The molecule has 1 aliphatic heterocycles. The van der Waals surface area contributed by atoms with Crippen LogP contribution in [0.25, 0.3) is 6.08 Å². The summed E-state index contributed by atoms with van der Waals surface area (Å²) in [5.41, 5.74) is 1.02. The van der Waals surface area contributed by atoms with Crippen LogP contribution in [-0.4, -0.2) is 52.5 Å². The first-order chi connectivity index (χ1) is 14.0. The summed E-state index contributed by atoms with van der Waals surface area (Å²) in [5.74, 6) is -1.41. The minimum Gasteiger partial charge on any atom is -0.481 e. The zero-order valence-electron chi connectivity index (χ0n) is 16.7. The first-order valence-electron chi connectivity index (χ1n) is 10.6. The van der Waals surface area contributed by atoms with Crippen LogP contribution in [0.2, 0.25) is 0 Å². The summed E-state index contributed by atoms with van der Waals surface area (Å²) in [6.45, 7) is 0.673. The van der Waals surface area contributed by atoms with Crippen LogP contribution >= 0.6 is 0 Å². The molecular weight excluding hydrogens is 372 g/mol. The highest BCUT2D eigenvalue weighted by Crippen LogP contribution is 2.41. The Labute approximate surface area is 172 Å². The number of carboxylic acids is 1. The summed E-state index contributed by atoms with van der Waals surface area (Å²) in [6.07, 6.45) is 6.07. The molecule has 1 aromatic rings. The van der Waals surface area contributed by atoms with E-state index in [1.807, 2.05) is 36.4 Å². The van der Waals surface area contributed by atoms with Crippen LogP contribution in [0.4, 0.5) is 0 Å². The van der Waals surface area contributed by atoms with Crippen molar-refractivity contribution < 1.29 is 29.6 Å². The molecule has 3 rings (SSSR count). The van der Waals surface area contributed by atoms with Crippen molar-refractivity contribution in [3.8, 4) is 0 Å². The minimum absolute atomic E-state index is 0.0901. The maximum Gasteiger partial charge on any atom is 0.303 e. The Bertz CT molecular complexity index is 655. The van der Waals surface area contributed by atoms with Gasteiger partial charge < -0.3 is 24.8 Å². The first-order valence-corrected chi connectivity index (χ1v) is 10.6. The van der Waals surface area contributed by atoms with E-state index in [4.69, 9.17) is 9.47 Å². The summed E-state index contributed by atoms with van der Waals surface area (Å²) in [4.78, 5) is 11.3. The molecule has 160 valence electrons. The van der Waals surface area contributed by atoms with E-state index in [1.165, 1.54) is 0 Å². The molecule has 1 saturated carbocycles. The smallest absolute Gasteiger partial charge is 0.303 e. The molecule has 0 spiro atoms. The third-order valence-corrected chi connectivity index (χ3v) is 5.98. The summed E-state index contributed by atoms with van der Waals surface area (Å²) < 4.78 is 11.8. The van der Waals surface area contributed by atoms with E-state index in [2.05, 4.69) is 0 Å². The van der Waals surface area contributed by atoms with E-state index in [-0.39, 0.29) is 30.7 Å². The lowest BCUT2D eigenvalue weighted by atomic mass is 9.86. The number of hydrogen-bond acceptors (Lipinski definition) is 5. The number of aliphatic carboxylic acids is 1. The van der Waals surface area contributed by atoms with Crippen molar-refractivity contribution in [3.05, 3.63) is 42.0 Å². The molecule has 6 heteroatoms. The quantitative estimate of drug-likeness (QED) is 0.585. The predicted octanol–water partition coefficient (Wildman–Crippen LogP) is 3.22. The largest absolute Gasteiger partial charge is 0.481 e. The van der Waals surface area contributed by atoms with Crippen molar-refractivity contribution in [1.82, 2.24) is 0 Å². The monoisotopic (exact) mass is 404 g/mol. The van der Waals surface area contributed by atoms with Crippen molar-refractivity contribution in [3.63, 3.8) is 0 Å². The molecule has 2 fully saturated rings. The standard InChI is InChI=1S/C23H32O6/c24-17(10-9-16-6-2-1-3-7-16)11-12-18-19(14-22(26)27)20(25)15-21(18)29-23-8-4-5-13-28-23/h1-3,6-7,9-10,17-21,23-25H,4-5,8,11-15H2,(H,26,27)/b10-9-/t17?,18-,19-,20+,21-,23?/m1/s1. The molecule has 0 bridgehead atoms. The zero-order valence-corrected chi connectivity index (χ0v) is 16.7. The van der Waals surface area contributed by atoms with Crippen molar-refractivity contribution >= 4 is 12.0 Å². The van der Waals surface area contributed by atoms with Crippen LogP contribution in [0.5, 0.6) is 0 Å². The van der Waals surface area contributed by atoms with Crippen LogP contribution < -0.4 is 0 Å². The van der Waals surface area contributed by atoms with Crippen LogP contribution in [-0.2, 0) is 14.3 Å². The van der Waals surface area contributed by atoms with Crippen molar-refractivity contribution in [2.45, 2.75) is 69.5 Å². The van der Waals surface area contributed by atoms with E-state index in [0.717, 1.165) is 24.8 Å². The molecule has 0 aromatic heterocycles. The number of rotatable bonds is 9. The lowest BCUT2D eigenvalue weighted by Crippen LogP contribution is -2.32. The average molecular weight is 405 g/mol. The van der Waals surface area contributed by atoms with E-state index >= 15 is 0 Å². The second kappa shape index (κ2) is 10.9. The van der Waals surface area contributed by atoms with Crippen LogP contribution in [0.15, 0.2) is 36.4 Å². The molecule has 2 unspecified atom stereocenters. The maximum absolute atomic E-state index is 11.3. The SMILES string of the molecule is O=C(O)C[C@@H]1[C@@H](CCC(O)/C=C\c2ccccc2)[C@H](OC2CCCCO2)C[C@@H]1O. The normalized spacial score (nSPS) is 31.2. The highest BCUT2D eigenvalue weighted by molar-refractivity contribution is 5.67. The summed E-state index contributed by atoms with van der Waals surface area (Å²) in [6, 6.07) is 9.76. The van der Waals surface area contributed by atoms with Crippen molar-refractivity contribution in [1.29, 1.82) is 0 Å². The second-order valence-corrected chi connectivity index (χ2v) is 8.11. The lowest BCUT2D eigenvalue weighted by molar-refractivity contribution is -0.196. The number of aliphatic hydroxyl groups excluding tert-OH is 2. The van der Waals surface area contributed by atoms with Gasteiger partial charge in [0.2, 0.25) is 0 Å². The fourth-order valence-corrected chi connectivity index (χ4v) is 4.45. The number of ether oxygens (including phenoxy) is 2. The van der Waals surface area contributed by atoms with Gasteiger partial charge >= 0.3 is 5.97 Å². The van der Waals surface area contributed by atoms with Gasteiger partial charge in [0, 0.05) is 18.9 Å². The molecule has 1 saturated heterocycles. The summed E-state index contributed by atoms with van der Waals surface area (Å²) in [7, 11) is 0. The average Bonchev–Trinajstić information content (AvgIpc) is 3.00. The predicted molar refractivity (Wildman–Crippen MR) is 109 cm³/mol. The Morgan fingerprint density at radius 2 is 2.03 bits per heavy atom. The van der Waals surface area contributed by atoms with Gasteiger partial charge in [0.05, 0.1) is 24.7 Å². The molecule has 1 aliphatic carbocycles. The summed E-state index contributed by atoms with van der Waals surface area (Å²) >= 11 is 0. The van der Waals surface area contributed by atoms with E-state index in [0.29, 0.717) is 25.9 Å². The number of aliphatic hydroxyl groups is 2. The van der Waals surface area contributed by atoms with E-state index in [1.54, 1.807) is 6.08 Å². The molecule has 6 nitrogen and oxygen atoms in total. The van der Waals surface area contributed by atoms with Crippen molar-refractivity contribution in [2.24, 2.45) is 11.8 Å². The first kappa shape index (κ1) is 22.0. The highest BCUT2D eigenvalue weighted by Gasteiger charge is 2.44. The number of hydrogen-bond donors (Lipinski definition) is 3.